The van der Waals surface area contributed by atoms with Gasteiger partial charge in [-0.05, 0) is 49.6 Å². The molecule has 1 atom stereocenters. The zero-order valence-corrected chi connectivity index (χ0v) is 26.3. The van der Waals surface area contributed by atoms with E-state index in [0.29, 0.717) is 69.7 Å². The second-order valence-corrected chi connectivity index (χ2v) is 14.2. The molecule has 3 aromatic carbocycles. The number of carbonyl (C=O) groups excluding carboxylic acids is 2. The molecule has 0 saturated carbocycles. The highest BCUT2D eigenvalue weighted by atomic mass is 32.2. The lowest BCUT2D eigenvalue weighted by Gasteiger charge is -2.34. The molecule has 1 N–H and O–H groups in total. The van der Waals surface area contributed by atoms with E-state index in [1.807, 2.05) is 37.3 Å². The Labute approximate surface area is 258 Å². The molecule has 12 heteroatoms. The summed E-state index contributed by atoms with van der Waals surface area (Å²) in [6.07, 6.45) is 2.50. The number of thiazole rings is 1. The summed E-state index contributed by atoms with van der Waals surface area (Å²) >= 11 is 1.15. The molecular weight excluding hydrogens is 604 g/mol. The van der Waals surface area contributed by atoms with Crippen molar-refractivity contribution in [1.29, 1.82) is 0 Å². The van der Waals surface area contributed by atoms with Crippen molar-refractivity contribution in [3.63, 3.8) is 0 Å². The van der Waals surface area contributed by atoms with Crippen molar-refractivity contribution in [3.05, 3.63) is 82.1 Å². The molecule has 1 saturated heterocycles. The van der Waals surface area contributed by atoms with Gasteiger partial charge in [0.15, 0.2) is 5.01 Å². The molecule has 6 rings (SSSR count). The van der Waals surface area contributed by atoms with Gasteiger partial charge in [0.25, 0.3) is 11.8 Å². The smallest absolute Gasteiger partial charge is 0.282 e. The first-order valence-corrected chi connectivity index (χ1v) is 16.8. The lowest BCUT2D eigenvalue weighted by atomic mass is 9.88. The predicted molar refractivity (Wildman–Crippen MR) is 170 cm³/mol. The number of rotatable bonds is 6. The summed E-state index contributed by atoms with van der Waals surface area (Å²) in [5, 5.41) is 3.53. The number of likely N-dealkylation sites (tertiary alicyclic amines) is 1. The van der Waals surface area contributed by atoms with E-state index in [1.54, 1.807) is 24.1 Å². The molecule has 9 nitrogen and oxygen atoms in total. The molecule has 5 aromatic rings. The molecule has 0 spiro atoms. The van der Waals surface area contributed by atoms with E-state index in [1.165, 1.54) is 23.5 Å². The summed E-state index contributed by atoms with van der Waals surface area (Å²) in [5.74, 6) is -0.832. The number of sulfonamides is 1. The second kappa shape index (κ2) is 11.3. The highest BCUT2D eigenvalue weighted by molar-refractivity contribution is 7.92. The van der Waals surface area contributed by atoms with Crippen molar-refractivity contribution >= 4 is 60.0 Å². The van der Waals surface area contributed by atoms with E-state index >= 15 is 0 Å². The number of amides is 2. The van der Waals surface area contributed by atoms with Gasteiger partial charge in [0, 0.05) is 50.1 Å². The van der Waals surface area contributed by atoms with E-state index in [4.69, 9.17) is 4.42 Å². The van der Waals surface area contributed by atoms with Crippen molar-refractivity contribution in [1.82, 2.24) is 15.2 Å². The zero-order chi connectivity index (χ0) is 31.3. The number of furan rings is 1. The van der Waals surface area contributed by atoms with Crippen molar-refractivity contribution in [3.8, 4) is 11.3 Å². The lowest BCUT2D eigenvalue weighted by Crippen LogP contribution is -2.39. The van der Waals surface area contributed by atoms with E-state index in [0.717, 1.165) is 28.7 Å². The maximum atomic E-state index is 13.8. The summed E-state index contributed by atoms with van der Waals surface area (Å²) in [4.78, 5) is 33.0. The lowest BCUT2D eigenvalue weighted by molar-refractivity contribution is 0.0707. The maximum absolute atomic E-state index is 13.8. The van der Waals surface area contributed by atoms with Gasteiger partial charge in [-0.3, -0.25) is 13.9 Å². The van der Waals surface area contributed by atoms with Crippen molar-refractivity contribution < 1.29 is 26.8 Å². The van der Waals surface area contributed by atoms with Crippen LogP contribution in [0.5, 0.6) is 0 Å². The minimum atomic E-state index is -3.67. The van der Waals surface area contributed by atoms with Gasteiger partial charge >= 0.3 is 0 Å². The molecule has 0 radical (unpaired) electrons. The van der Waals surface area contributed by atoms with Crippen LogP contribution in [0, 0.1) is 12.7 Å². The minimum Gasteiger partial charge on any atom is -0.455 e. The van der Waals surface area contributed by atoms with Crippen LogP contribution in [0.3, 0.4) is 0 Å². The van der Waals surface area contributed by atoms with Gasteiger partial charge < -0.3 is 14.6 Å². The number of carbonyl (C=O) groups is 2. The van der Waals surface area contributed by atoms with Crippen LogP contribution in [0.1, 0.15) is 50.0 Å². The van der Waals surface area contributed by atoms with Gasteiger partial charge in [-0.25, -0.2) is 17.8 Å². The van der Waals surface area contributed by atoms with Crippen LogP contribution in [-0.4, -0.2) is 63.6 Å². The summed E-state index contributed by atoms with van der Waals surface area (Å²) in [6.45, 7) is 2.79. The third-order valence-corrected chi connectivity index (χ3v) is 10.3. The zero-order valence-electron chi connectivity index (χ0n) is 24.7. The van der Waals surface area contributed by atoms with Crippen molar-refractivity contribution in [2.24, 2.45) is 0 Å². The second-order valence-electron chi connectivity index (χ2n) is 11.1. The van der Waals surface area contributed by atoms with Gasteiger partial charge in [-0.15, -0.1) is 11.3 Å². The number of nitrogens with zero attached hydrogens (tertiary/aromatic N) is 3. The quantitative estimate of drug-likeness (QED) is 0.248. The van der Waals surface area contributed by atoms with Gasteiger partial charge in [-0.1, -0.05) is 29.8 Å². The van der Waals surface area contributed by atoms with Crippen LogP contribution >= 0.6 is 11.3 Å². The SMILES string of the molecule is CNC(=O)c1c(-c2ccc(C)cc2)oc2cc(N(C)S(C)(=O)=O)c([C@@H]3CCCN(C(=O)c4nc5ccc(F)cc5s4)C3)cc12. The number of anilines is 1. The van der Waals surface area contributed by atoms with Gasteiger partial charge in [0.2, 0.25) is 10.0 Å². The Morgan fingerprint density at radius 2 is 1.89 bits per heavy atom. The molecule has 44 heavy (non-hydrogen) atoms. The average molecular weight is 635 g/mol. The molecule has 0 aliphatic carbocycles. The molecule has 1 aliphatic heterocycles. The van der Waals surface area contributed by atoms with Crippen LogP contribution in [-0.2, 0) is 10.0 Å². The van der Waals surface area contributed by atoms with E-state index in [-0.39, 0.29) is 22.7 Å². The molecule has 0 bridgehead atoms. The Hall–Kier alpha value is -4.29. The first-order valence-electron chi connectivity index (χ1n) is 14.1. The molecule has 228 valence electrons. The topological polar surface area (TPSA) is 113 Å². The van der Waals surface area contributed by atoms with Crippen LogP contribution in [0.4, 0.5) is 10.1 Å². The first-order chi connectivity index (χ1) is 20.9. The summed E-state index contributed by atoms with van der Waals surface area (Å²) in [6, 6.07) is 15.4. The molecule has 3 heterocycles. The number of benzene rings is 3. The van der Waals surface area contributed by atoms with Gasteiger partial charge in [-0.2, -0.15) is 0 Å². The maximum Gasteiger partial charge on any atom is 0.282 e. The molecule has 2 amide bonds. The highest BCUT2D eigenvalue weighted by Gasteiger charge is 2.32. The summed E-state index contributed by atoms with van der Waals surface area (Å²) < 4.78 is 47.4. The number of nitrogens with one attached hydrogen (secondary N) is 1. The summed E-state index contributed by atoms with van der Waals surface area (Å²) in [7, 11) is -0.634. The third kappa shape index (κ3) is 5.43. The minimum absolute atomic E-state index is 0.238. The molecule has 1 fully saturated rings. The largest absolute Gasteiger partial charge is 0.455 e. The first kappa shape index (κ1) is 29.8. The number of piperidine rings is 1. The Bertz CT molecular complexity index is 2040. The van der Waals surface area contributed by atoms with E-state index in [2.05, 4.69) is 10.3 Å². The molecule has 0 unspecified atom stereocenters. The van der Waals surface area contributed by atoms with Gasteiger partial charge in [0.05, 0.1) is 27.7 Å². The number of fused-ring (bicyclic) bond motifs is 2. The van der Waals surface area contributed by atoms with Gasteiger partial charge in [0.1, 0.15) is 17.2 Å². The Morgan fingerprint density at radius 3 is 2.59 bits per heavy atom. The average Bonchev–Trinajstić information content (AvgIpc) is 3.60. The van der Waals surface area contributed by atoms with Crippen LogP contribution in [0.2, 0.25) is 0 Å². The Balaban J connectivity index is 1.45. The third-order valence-electron chi connectivity index (χ3n) is 8.12. The number of aryl methyl sites for hydroxylation is 1. The standard InChI is InChI=1S/C32H31FN4O5S2/c1-18-7-9-19(10-8-18)29-28(30(38)34-2)23-15-22(25(16-26(23)42-29)36(3)44(4,40)41)20-6-5-13-37(17-20)32(39)31-35-24-12-11-21(33)14-27(24)43-31/h7-12,14-16,20H,5-6,13,17H2,1-4H3,(H,34,38)/t20-/m1/s1. The fraction of sp³-hybridized carbons (Fsp3) is 0.281. The number of aromatic nitrogens is 1. The van der Waals surface area contributed by atoms with E-state index < -0.39 is 15.8 Å². The Morgan fingerprint density at radius 1 is 1.14 bits per heavy atom. The van der Waals surface area contributed by atoms with Crippen molar-refractivity contribution in [2.75, 3.05) is 37.7 Å². The molecule has 1 aliphatic rings. The number of hydrogen-bond donors (Lipinski definition) is 1. The Kier molecular flexibility index (Phi) is 7.66. The predicted octanol–water partition coefficient (Wildman–Crippen LogP) is 5.93. The fourth-order valence-corrected chi connectivity index (χ4v) is 7.20. The monoisotopic (exact) mass is 634 g/mol. The highest BCUT2D eigenvalue weighted by Crippen LogP contribution is 2.42. The van der Waals surface area contributed by atoms with Crippen LogP contribution < -0.4 is 9.62 Å². The summed E-state index contributed by atoms with van der Waals surface area (Å²) in [5.41, 5.74) is 4.17. The fourth-order valence-electron chi connectivity index (χ4n) is 5.73. The van der Waals surface area contributed by atoms with Crippen molar-refractivity contribution in [2.45, 2.75) is 25.7 Å². The number of hydrogen-bond acceptors (Lipinski definition) is 7. The normalized spacial score (nSPS) is 15.6. The van der Waals surface area contributed by atoms with Crippen LogP contribution in [0.25, 0.3) is 32.5 Å². The van der Waals surface area contributed by atoms with E-state index in [9.17, 15) is 22.4 Å². The molecule has 2 aromatic heterocycles. The number of halogens is 1. The molecular formula is C32H31FN4O5S2. The van der Waals surface area contributed by atoms with Crippen LogP contribution in [0.15, 0.2) is 59.0 Å².